The number of morpholine rings is 1. The van der Waals surface area contributed by atoms with Crippen molar-refractivity contribution in [3.8, 4) is 0 Å². The second-order valence-electron chi connectivity index (χ2n) is 6.17. The van der Waals surface area contributed by atoms with Crippen LogP contribution in [0.5, 0.6) is 0 Å². The van der Waals surface area contributed by atoms with Crippen molar-refractivity contribution in [1.29, 1.82) is 0 Å². The molecule has 0 aromatic rings. The van der Waals surface area contributed by atoms with Crippen LogP contribution in [-0.4, -0.2) is 66.9 Å². The number of likely N-dealkylation sites (tertiary alicyclic amines) is 1. The normalized spacial score (nSPS) is 29.9. The highest BCUT2D eigenvalue weighted by molar-refractivity contribution is 5.68. The third kappa shape index (κ3) is 3.14. The lowest BCUT2D eigenvalue weighted by Crippen LogP contribution is -2.59. The Kier molecular flexibility index (Phi) is 3.82. The topological polar surface area (TPSA) is 42.0 Å². The molecule has 0 N–H and O–H groups in total. The summed E-state index contributed by atoms with van der Waals surface area (Å²) >= 11 is 0. The number of ether oxygens (including phenoxy) is 2. The fourth-order valence-corrected chi connectivity index (χ4v) is 2.58. The van der Waals surface area contributed by atoms with Crippen molar-refractivity contribution in [1.82, 2.24) is 9.80 Å². The summed E-state index contributed by atoms with van der Waals surface area (Å²) in [6.07, 6.45) is 0.864. The minimum Gasteiger partial charge on any atom is -0.444 e. The lowest BCUT2D eigenvalue weighted by atomic mass is 9.99. The fourth-order valence-electron chi connectivity index (χ4n) is 2.58. The number of carbonyl (C=O) groups excluding carboxylic acids is 1. The van der Waals surface area contributed by atoms with Gasteiger partial charge in [-0.1, -0.05) is 0 Å². The van der Waals surface area contributed by atoms with E-state index in [1.807, 2.05) is 20.8 Å². The smallest absolute Gasteiger partial charge is 0.410 e. The number of fused-ring (bicyclic) bond motifs is 1. The molecular formula is C13H24N2O3. The largest absolute Gasteiger partial charge is 0.444 e. The van der Waals surface area contributed by atoms with Crippen LogP contribution in [-0.2, 0) is 9.47 Å². The maximum absolute atomic E-state index is 12.0. The predicted molar refractivity (Wildman–Crippen MR) is 68.6 cm³/mol. The molecular weight excluding hydrogens is 232 g/mol. The molecule has 0 aromatic carbocycles. The van der Waals surface area contributed by atoms with Crippen LogP contribution < -0.4 is 0 Å². The number of hydrogen-bond acceptors (Lipinski definition) is 4. The van der Waals surface area contributed by atoms with Gasteiger partial charge in [-0.05, 0) is 34.2 Å². The number of amides is 1. The van der Waals surface area contributed by atoms with E-state index < -0.39 is 5.60 Å². The van der Waals surface area contributed by atoms with Crippen molar-refractivity contribution in [3.05, 3.63) is 0 Å². The number of nitrogens with zero attached hydrogens (tertiary/aromatic N) is 2. The van der Waals surface area contributed by atoms with E-state index in [0.29, 0.717) is 12.6 Å². The molecule has 0 bridgehead atoms. The van der Waals surface area contributed by atoms with E-state index in [2.05, 4.69) is 11.9 Å². The number of likely N-dealkylation sites (N-methyl/N-ethyl adjacent to an activating group) is 1. The molecule has 0 aromatic heterocycles. The van der Waals surface area contributed by atoms with Crippen LogP contribution in [0, 0.1) is 0 Å². The first-order valence-corrected chi connectivity index (χ1v) is 6.66. The molecule has 1 amide bonds. The van der Waals surface area contributed by atoms with Gasteiger partial charge in [0.1, 0.15) is 5.60 Å². The Morgan fingerprint density at radius 1 is 1.33 bits per heavy atom. The van der Waals surface area contributed by atoms with E-state index in [0.717, 1.165) is 26.1 Å². The molecule has 0 unspecified atom stereocenters. The summed E-state index contributed by atoms with van der Waals surface area (Å²) in [4.78, 5) is 16.1. The first-order valence-electron chi connectivity index (χ1n) is 6.66. The monoisotopic (exact) mass is 256 g/mol. The van der Waals surface area contributed by atoms with Gasteiger partial charge in [-0.3, -0.25) is 4.90 Å². The molecule has 5 nitrogen and oxygen atoms in total. The zero-order valence-corrected chi connectivity index (χ0v) is 11.8. The van der Waals surface area contributed by atoms with Crippen LogP contribution in [0.4, 0.5) is 4.79 Å². The van der Waals surface area contributed by atoms with Crippen LogP contribution in [0.15, 0.2) is 0 Å². The molecule has 2 heterocycles. The average molecular weight is 256 g/mol. The molecule has 104 valence electrons. The highest BCUT2D eigenvalue weighted by atomic mass is 16.6. The van der Waals surface area contributed by atoms with Crippen molar-refractivity contribution in [2.75, 3.05) is 33.3 Å². The Balaban J connectivity index is 1.92. The maximum Gasteiger partial charge on any atom is 0.410 e. The molecule has 2 aliphatic heterocycles. The average Bonchev–Trinajstić information content (AvgIpc) is 2.26. The molecule has 0 saturated carbocycles. The van der Waals surface area contributed by atoms with Crippen LogP contribution in [0.1, 0.15) is 27.2 Å². The number of piperidine rings is 1. The molecule has 0 radical (unpaired) electrons. The Morgan fingerprint density at radius 2 is 2.06 bits per heavy atom. The summed E-state index contributed by atoms with van der Waals surface area (Å²) < 4.78 is 11.2. The number of rotatable bonds is 0. The lowest BCUT2D eigenvalue weighted by Gasteiger charge is -2.45. The third-order valence-corrected chi connectivity index (χ3v) is 3.52. The summed E-state index contributed by atoms with van der Waals surface area (Å²) in [6, 6.07) is 0.442. The minimum absolute atomic E-state index is 0.130. The van der Waals surface area contributed by atoms with E-state index in [4.69, 9.17) is 9.47 Å². The molecule has 2 rings (SSSR count). The summed E-state index contributed by atoms with van der Waals surface area (Å²) in [5.74, 6) is 0. The Labute approximate surface area is 109 Å². The van der Waals surface area contributed by atoms with E-state index in [1.165, 1.54) is 0 Å². The molecule has 2 aliphatic rings. The van der Waals surface area contributed by atoms with Crippen LogP contribution >= 0.6 is 0 Å². The summed E-state index contributed by atoms with van der Waals surface area (Å²) in [6.45, 7) is 8.80. The van der Waals surface area contributed by atoms with Gasteiger partial charge in [-0.25, -0.2) is 4.79 Å². The fraction of sp³-hybridized carbons (Fsp3) is 0.923. The Hall–Kier alpha value is -0.810. The van der Waals surface area contributed by atoms with Crippen molar-refractivity contribution >= 4 is 6.09 Å². The highest BCUT2D eigenvalue weighted by Crippen LogP contribution is 2.23. The van der Waals surface area contributed by atoms with Gasteiger partial charge in [0.2, 0.25) is 0 Å². The van der Waals surface area contributed by atoms with Crippen LogP contribution in [0.2, 0.25) is 0 Å². The SMILES string of the molecule is CN1CCO[C@H]2CN(C(=O)OC(C)(C)C)CC[C@@H]21. The van der Waals surface area contributed by atoms with Gasteiger partial charge in [0.15, 0.2) is 0 Å². The first-order chi connectivity index (χ1) is 8.37. The van der Waals surface area contributed by atoms with E-state index in [9.17, 15) is 4.79 Å². The number of carbonyl (C=O) groups is 1. The Bertz CT molecular complexity index is 314. The van der Waals surface area contributed by atoms with Gasteiger partial charge in [0.25, 0.3) is 0 Å². The predicted octanol–water partition coefficient (Wildman–Crippen LogP) is 1.33. The molecule has 0 spiro atoms. The van der Waals surface area contributed by atoms with Gasteiger partial charge < -0.3 is 14.4 Å². The first kappa shape index (κ1) is 13.6. The van der Waals surface area contributed by atoms with Gasteiger partial charge in [0, 0.05) is 19.1 Å². The second kappa shape index (κ2) is 5.05. The Morgan fingerprint density at radius 3 is 2.72 bits per heavy atom. The maximum atomic E-state index is 12.0. The molecule has 5 heteroatoms. The summed E-state index contributed by atoms with van der Waals surface area (Å²) in [7, 11) is 2.13. The molecule has 18 heavy (non-hydrogen) atoms. The molecule has 2 atom stereocenters. The zero-order chi connectivity index (χ0) is 13.3. The molecule has 2 fully saturated rings. The second-order valence-corrected chi connectivity index (χ2v) is 6.17. The van der Waals surface area contributed by atoms with Gasteiger partial charge in [0.05, 0.1) is 19.3 Å². The van der Waals surface area contributed by atoms with Crippen molar-refractivity contribution in [3.63, 3.8) is 0 Å². The lowest BCUT2D eigenvalue weighted by molar-refractivity contribution is -0.0964. The van der Waals surface area contributed by atoms with E-state index in [1.54, 1.807) is 4.90 Å². The molecule has 0 aliphatic carbocycles. The molecule has 2 saturated heterocycles. The van der Waals surface area contributed by atoms with E-state index in [-0.39, 0.29) is 12.2 Å². The van der Waals surface area contributed by atoms with Gasteiger partial charge in [-0.15, -0.1) is 0 Å². The quantitative estimate of drug-likeness (QED) is 0.655. The van der Waals surface area contributed by atoms with Crippen molar-refractivity contribution in [2.45, 2.75) is 44.9 Å². The van der Waals surface area contributed by atoms with Crippen molar-refractivity contribution < 1.29 is 14.3 Å². The minimum atomic E-state index is -0.432. The zero-order valence-electron chi connectivity index (χ0n) is 11.8. The highest BCUT2D eigenvalue weighted by Gasteiger charge is 2.37. The summed E-state index contributed by atoms with van der Waals surface area (Å²) in [5, 5.41) is 0. The van der Waals surface area contributed by atoms with Crippen LogP contribution in [0.25, 0.3) is 0 Å². The third-order valence-electron chi connectivity index (χ3n) is 3.52. The number of hydrogen-bond donors (Lipinski definition) is 0. The standard InChI is InChI=1S/C13H24N2O3/c1-13(2,3)18-12(16)15-6-5-10-11(9-15)17-8-7-14(10)4/h10-11H,5-9H2,1-4H3/t10-,11-/m0/s1. The van der Waals surface area contributed by atoms with Gasteiger partial charge >= 0.3 is 6.09 Å². The van der Waals surface area contributed by atoms with E-state index >= 15 is 0 Å². The van der Waals surface area contributed by atoms with Crippen molar-refractivity contribution in [2.24, 2.45) is 0 Å². The summed E-state index contributed by atoms with van der Waals surface area (Å²) in [5.41, 5.74) is -0.432. The van der Waals surface area contributed by atoms with Crippen LogP contribution in [0.3, 0.4) is 0 Å². The van der Waals surface area contributed by atoms with Gasteiger partial charge in [-0.2, -0.15) is 0 Å².